The number of hydrogen-bond donors (Lipinski definition) is 1. The maximum Gasteiger partial charge on any atom is 0.255 e. The van der Waals surface area contributed by atoms with Crippen molar-refractivity contribution in [1.29, 1.82) is 0 Å². The standard InChI is InChI=1S/C22H21NO3/c1-25-20-10-6-9-17(15-20)22(24)23-19-11-12-21(26-2)18(14-19)13-16-7-4-3-5-8-16/h3-12,14-15H,13H2,1-2H3,(H,23,24). The second-order valence-electron chi connectivity index (χ2n) is 5.88. The number of carbonyl (C=O) groups excluding carboxylic acids is 1. The minimum absolute atomic E-state index is 0.181. The molecule has 0 saturated carbocycles. The van der Waals surface area contributed by atoms with Gasteiger partial charge in [0.2, 0.25) is 0 Å². The lowest BCUT2D eigenvalue weighted by molar-refractivity contribution is 0.102. The summed E-state index contributed by atoms with van der Waals surface area (Å²) >= 11 is 0. The second-order valence-corrected chi connectivity index (χ2v) is 5.88. The van der Waals surface area contributed by atoms with Crippen molar-refractivity contribution in [3.8, 4) is 11.5 Å². The lowest BCUT2D eigenvalue weighted by Crippen LogP contribution is -2.12. The van der Waals surface area contributed by atoms with Gasteiger partial charge in [-0.05, 0) is 42.0 Å². The van der Waals surface area contributed by atoms with Gasteiger partial charge in [-0.1, -0.05) is 36.4 Å². The van der Waals surface area contributed by atoms with Gasteiger partial charge in [0.1, 0.15) is 11.5 Å². The molecule has 0 radical (unpaired) electrons. The Morgan fingerprint density at radius 3 is 2.42 bits per heavy atom. The predicted molar refractivity (Wildman–Crippen MR) is 103 cm³/mol. The number of hydrogen-bond acceptors (Lipinski definition) is 3. The first-order valence-corrected chi connectivity index (χ1v) is 8.36. The van der Waals surface area contributed by atoms with Crippen molar-refractivity contribution >= 4 is 11.6 Å². The Balaban J connectivity index is 1.81. The van der Waals surface area contributed by atoms with Gasteiger partial charge >= 0.3 is 0 Å². The Hall–Kier alpha value is -3.27. The van der Waals surface area contributed by atoms with Gasteiger partial charge in [-0.2, -0.15) is 0 Å². The molecule has 4 nitrogen and oxygen atoms in total. The molecule has 26 heavy (non-hydrogen) atoms. The summed E-state index contributed by atoms with van der Waals surface area (Å²) in [5, 5.41) is 2.94. The quantitative estimate of drug-likeness (QED) is 0.712. The Bertz CT molecular complexity index is 891. The topological polar surface area (TPSA) is 47.6 Å². The smallest absolute Gasteiger partial charge is 0.255 e. The average molecular weight is 347 g/mol. The summed E-state index contributed by atoms with van der Waals surface area (Å²) in [5.74, 6) is 1.27. The van der Waals surface area contributed by atoms with Crippen LogP contribution < -0.4 is 14.8 Å². The molecule has 1 amide bonds. The van der Waals surface area contributed by atoms with Gasteiger partial charge in [0.15, 0.2) is 0 Å². The van der Waals surface area contributed by atoms with Crippen molar-refractivity contribution < 1.29 is 14.3 Å². The molecule has 0 aromatic heterocycles. The van der Waals surface area contributed by atoms with Gasteiger partial charge in [-0.25, -0.2) is 0 Å². The number of carbonyl (C=O) groups is 1. The molecule has 4 heteroatoms. The van der Waals surface area contributed by atoms with Crippen LogP contribution in [0.5, 0.6) is 11.5 Å². The van der Waals surface area contributed by atoms with Gasteiger partial charge in [0.25, 0.3) is 5.91 Å². The van der Waals surface area contributed by atoms with E-state index in [2.05, 4.69) is 17.4 Å². The van der Waals surface area contributed by atoms with E-state index in [1.807, 2.05) is 42.5 Å². The van der Waals surface area contributed by atoms with Gasteiger partial charge < -0.3 is 14.8 Å². The van der Waals surface area contributed by atoms with Gasteiger partial charge in [0.05, 0.1) is 14.2 Å². The SMILES string of the molecule is COc1cccc(C(=O)Nc2ccc(OC)c(Cc3ccccc3)c2)c1. The maximum absolute atomic E-state index is 12.5. The van der Waals surface area contributed by atoms with Gasteiger partial charge in [0, 0.05) is 23.2 Å². The van der Waals surface area contributed by atoms with Crippen LogP contribution in [-0.2, 0) is 6.42 Å². The molecule has 3 rings (SSSR count). The number of nitrogens with one attached hydrogen (secondary N) is 1. The van der Waals surface area contributed by atoms with E-state index in [4.69, 9.17) is 9.47 Å². The summed E-state index contributed by atoms with van der Waals surface area (Å²) < 4.78 is 10.6. The van der Waals surface area contributed by atoms with Crippen molar-refractivity contribution in [1.82, 2.24) is 0 Å². The molecule has 0 heterocycles. The average Bonchev–Trinajstić information content (AvgIpc) is 2.69. The van der Waals surface area contributed by atoms with Crippen LogP contribution in [0.2, 0.25) is 0 Å². The molecule has 0 saturated heterocycles. The van der Waals surface area contributed by atoms with Crippen molar-refractivity contribution in [3.05, 3.63) is 89.5 Å². The summed E-state index contributed by atoms with van der Waals surface area (Å²) in [4.78, 5) is 12.5. The highest BCUT2D eigenvalue weighted by molar-refractivity contribution is 6.04. The highest BCUT2D eigenvalue weighted by atomic mass is 16.5. The van der Waals surface area contributed by atoms with Gasteiger partial charge in [-0.3, -0.25) is 4.79 Å². The van der Waals surface area contributed by atoms with Crippen LogP contribution in [-0.4, -0.2) is 20.1 Å². The van der Waals surface area contributed by atoms with E-state index in [1.54, 1.807) is 32.4 Å². The predicted octanol–water partition coefficient (Wildman–Crippen LogP) is 4.55. The van der Waals surface area contributed by atoms with Crippen LogP contribution in [0.3, 0.4) is 0 Å². The fraction of sp³-hybridized carbons (Fsp3) is 0.136. The molecule has 0 bridgehead atoms. The third kappa shape index (κ3) is 4.22. The zero-order valence-electron chi connectivity index (χ0n) is 14.9. The number of benzene rings is 3. The molecule has 132 valence electrons. The van der Waals surface area contributed by atoms with Crippen molar-refractivity contribution in [2.75, 3.05) is 19.5 Å². The number of rotatable bonds is 6. The molecular weight excluding hydrogens is 326 g/mol. The van der Waals surface area contributed by atoms with Crippen LogP contribution in [0.4, 0.5) is 5.69 Å². The van der Waals surface area contributed by atoms with E-state index in [1.165, 1.54) is 5.56 Å². The highest BCUT2D eigenvalue weighted by Gasteiger charge is 2.10. The number of anilines is 1. The van der Waals surface area contributed by atoms with E-state index in [0.717, 1.165) is 23.4 Å². The van der Waals surface area contributed by atoms with Crippen LogP contribution in [0.25, 0.3) is 0 Å². The zero-order chi connectivity index (χ0) is 18.4. The minimum Gasteiger partial charge on any atom is -0.497 e. The monoisotopic (exact) mass is 347 g/mol. The number of amides is 1. The van der Waals surface area contributed by atoms with Crippen LogP contribution in [0.1, 0.15) is 21.5 Å². The van der Waals surface area contributed by atoms with Crippen molar-refractivity contribution in [3.63, 3.8) is 0 Å². The Labute approximate surface area is 153 Å². The zero-order valence-corrected chi connectivity index (χ0v) is 14.9. The second kappa shape index (κ2) is 8.21. The Kier molecular flexibility index (Phi) is 5.54. The molecule has 0 aliphatic heterocycles. The third-order valence-corrected chi connectivity index (χ3v) is 4.11. The molecule has 0 atom stereocenters. The Morgan fingerprint density at radius 2 is 1.69 bits per heavy atom. The summed E-state index contributed by atoms with van der Waals surface area (Å²) in [6.45, 7) is 0. The maximum atomic E-state index is 12.5. The van der Waals surface area contributed by atoms with Crippen LogP contribution in [0, 0.1) is 0 Å². The molecule has 0 aliphatic carbocycles. The van der Waals surface area contributed by atoms with E-state index >= 15 is 0 Å². The normalized spacial score (nSPS) is 10.2. The lowest BCUT2D eigenvalue weighted by atomic mass is 10.0. The van der Waals surface area contributed by atoms with E-state index < -0.39 is 0 Å². The van der Waals surface area contributed by atoms with E-state index in [0.29, 0.717) is 11.3 Å². The molecule has 0 spiro atoms. The number of methoxy groups -OCH3 is 2. The lowest BCUT2D eigenvalue weighted by Gasteiger charge is -2.12. The van der Waals surface area contributed by atoms with Crippen LogP contribution in [0.15, 0.2) is 72.8 Å². The van der Waals surface area contributed by atoms with E-state index in [9.17, 15) is 4.79 Å². The highest BCUT2D eigenvalue weighted by Crippen LogP contribution is 2.26. The molecule has 0 unspecified atom stereocenters. The first kappa shape index (κ1) is 17.5. The fourth-order valence-corrected chi connectivity index (χ4v) is 2.78. The summed E-state index contributed by atoms with van der Waals surface area (Å²) in [7, 11) is 3.23. The first-order chi connectivity index (χ1) is 12.7. The third-order valence-electron chi connectivity index (χ3n) is 4.11. The largest absolute Gasteiger partial charge is 0.497 e. The van der Waals surface area contributed by atoms with Crippen LogP contribution >= 0.6 is 0 Å². The fourth-order valence-electron chi connectivity index (χ4n) is 2.78. The summed E-state index contributed by atoms with van der Waals surface area (Å²) in [6, 6.07) is 22.9. The first-order valence-electron chi connectivity index (χ1n) is 8.36. The van der Waals surface area contributed by atoms with Gasteiger partial charge in [-0.15, -0.1) is 0 Å². The molecule has 3 aromatic rings. The molecular formula is C22H21NO3. The molecule has 0 fully saturated rings. The summed E-state index contributed by atoms with van der Waals surface area (Å²) in [6.07, 6.45) is 0.729. The molecule has 0 aliphatic rings. The van der Waals surface area contributed by atoms with Crippen molar-refractivity contribution in [2.24, 2.45) is 0 Å². The minimum atomic E-state index is -0.181. The Morgan fingerprint density at radius 1 is 0.885 bits per heavy atom. The summed E-state index contributed by atoms with van der Waals surface area (Å²) in [5.41, 5.74) is 3.47. The van der Waals surface area contributed by atoms with Crippen molar-refractivity contribution in [2.45, 2.75) is 6.42 Å². The molecule has 3 aromatic carbocycles. The number of ether oxygens (including phenoxy) is 2. The van der Waals surface area contributed by atoms with E-state index in [-0.39, 0.29) is 5.91 Å². The molecule has 1 N–H and O–H groups in total.